The molecule has 0 spiro atoms. The van der Waals surface area contributed by atoms with Crippen molar-refractivity contribution in [1.82, 2.24) is 5.32 Å². The first kappa shape index (κ1) is 14.1. The number of hydrogen-bond acceptors (Lipinski definition) is 3. The number of fused-ring (bicyclic) bond motifs is 1. The summed E-state index contributed by atoms with van der Waals surface area (Å²) in [4.78, 5) is 22.3. The van der Waals surface area contributed by atoms with Gasteiger partial charge in [-0.2, -0.15) is 0 Å². The molecule has 106 valence electrons. The molecular weight excluding hydrogens is 258 g/mol. The summed E-state index contributed by atoms with van der Waals surface area (Å²) < 4.78 is 5.32. The van der Waals surface area contributed by atoms with Crippen molar-refractivity contribution in [2.45, 2.75) is 25.7 Å². The second-order valence-electron chi connectivity index (χ2n) is 4.61. The maximum atomic E-state index is 12.0. The second kappa shape index (κ2) is 6.75. The lowest BCUT2D eigenvalue weighted by Gasteiger charge is -2.03. The number of nitrogens with one attached hydrogen (secondary N) is 1. The van der Waals surface area contributed by atoms with Gasteiger partial charge >= 0.3 is 5.97 Å². The zero-order chi connectivity index (χ0) is 14.4. The van der Waals surface area contributed by atoms with Crippen molar-refractivity contribution < 1.29 is 19.1 Å². The van der Waals surface area contributed by atoms with Crippen LogP contribution in [0.1, 0.15) is 36.0 Å². The summed E-state index contributed by atoms with van der Waals surface area (Å²) in [5.41, 5.74) is 1.23. The molecule has 2 rings (SSSR count). The molecule has 20 heavy (non-hydrogen) atoms. The highest BCUT2D eigenvalue weighted by atomic mass is 16.4. The second-order valence-corrected chi connectivity index (χ2v) is 4.61. The number of aliphatic carboxylic acids is 1. The van der Waals surface area contributed by atoms with Gasteiger partial charge in [0.25, 0.3) is 5.91 Å². The van der Waals surface area contributed by atoms with Gasteiger partial charge < -0.3 is 14.8 Å². The predicted octanol–water partition coefficient (Wildman–Crippen LogP) is 2.81. The molecule has 0 radical (unpaired) electrons. The first-order chi connectivity index (χ1) is 9.68. The molecule has 0 aliphatic rings. The van der Waals surface area contributed by atoms with Gasteiger partial charge in [-0.1, -0.05) is 24.6 Å². The fraction of sp³-hybridized carbons (Fsp3) is 0.333. The standard InChI is InChI=1S/C15H17NO4/c17-14(18)8-2-1-5-9-16-15(19)12-10-20-13-7-4-3-6-11(12)13/h3-4,6-7,10H,1-2,5,8-9H2,(H,16,19)(H,17,18). The van der Waals surface area contributed by atoms with Crippen molar-refractivity contribution in [3.05, 3.63) is 36.1 Å². The van der Waals surface area contributed by atoms with Crippen LogP contribution in [0.25, 0.3) is 11.0 Å². The number of carboxylic acid groups (broad SMARTS) is 1. The van der Waals surface area contributed by atoms with Crippen molar-refractivity contribution in [3.63, 3.8) is 0 Å². The SMILES string of the molecule is O=C(O)CCCCCNC(=O)c1coc2ccccc12. The Balaban J connectivity index is 1.79. The van der Waals surface area contributed by atoms with Crippen LogP contribution in [0.15, 0.2) is 34.9 Å². The number of carbonyl (C=O) groups excluding carboxylic acids is 1. The summed E-state index contributed by atoms with van der Waals surface area (Å²) in [6.07, 6.45) is 3.85. The Morgan fingerprint density at radius 1 is 1.15 bits per heavy atom. The third-order valence-corrected chi connectivity index (χ3v) is 3.08. The lowest BCUT2D eigenvalue weighted by molar-refractivity contribution is -0.137. The highest BCUT2D eigenvalue weighted by Crippen LogP contribution is 2.20. The first-order valence-corrected chi connectivity index (χ1v) is 6.64. The van der Waals surface area contributed by atoms with E-state index in [0.717, 1.165) is 18.2 Å². The van der Waals surface area contributed by atoms with Gasteiger partial charge in [0.2, 0.25) is 0 Å². The fourth-order valence-electron chi connectivity index (χ4n) is 2.03. The number of unbranched alkanes of at least 4 members (excludes halogenated alkanes) is 2. The molecular formula is C15H17NO4. The van der Waals surface area contributed by atoms with Gasteiger partial charge in [-0.3, -0.25) is 9.59 Å². The minimum absolute atomic E-state index is 0.159. The molecule has 0 bridgehead atoms. The van der Waals surface area contributed by atoms with E-state index in [2.05, 4.69) is 5.32 Å². The molecule has 2 aromatic rings. The molecule has 1 amide bonds. The third-order valence-electron chi connectivity index (χ3n) is 3.08. The van der Waals surface area contributed by atoms with E-state index in [4.69, 9.17) is 9.52 Å². The van der Waals surface area contributed by atoms with Gasteiger partial charge in [-0.05, 0) is 18.9 Å². The van der Waals surface area contributed by atoms with Crippen LogP contribution in [0.2, 0.25) is 0 Å². The van der Waals surface area contributed by atoms with Crippen LogP contribution in [0.4, 0.5) is 0 Å². The Morgan fingerprint density at radius 2 is 1.95 bits per heavy atom. The van der Waals surface area contributed by atoms with Crippen molar-refractivity contribution in [2.75, 3.05) is 6.54 Å². The zero-order valence-electron chi connectivity index (χ0n) is 11.1. The number of para-hydroxylation sites is 1. The summed E-state index contributed by atoms with van der Waals surface area (Å²) in [7, 11) is 0. The lowest BCUT2D eigenvalue weighted by atomic mass is 10.1. The van der Waals surface area contributed by atoms with Gasteiger partial charge in [0.15, 0.2) is 0 Å². The third kappa shape index (κ3) is 3.60. The Bertz CT molecular complexity index is 603. The van der Waals surface area contributed by atoms with Gasteiger partial charge in [0.1, 0.15) is 11.8 Å². The fourth-order valence-corrected chi connectivity index (χ4v) is 2.03. The number of carboxylic acids is 1. The molecule has 5 heteroatoms. The minimum Gasteiger partial charge on any atom is -0.481 e. The Labute approximate surface area is 116 Å². The largest absolute Gasteiger partial charge is 0.481 e. The summed E-state index contributed by atoms with van der Waals surface area (Å²) in [6, 6.07) is 7.38. The van der Waals surface area contributed by atoms with E-state index in [0.29, 0.717) is 24.1 Å². The highest BCUT2D eigenvalue weighted by Gasteiger charge is 2.12. The summed E-state index contributed by atoms with van der Waals surface area (Å²) >= 11 is 0. The molecule has 1 aromatic carbocycles. The molecule has 5 nitrogen and oxygen atoms in total. The molecule has 0 fully saturated rings. The number of hydrogen-bond donors (Lipinski definition) is 2. The minimum atomic E-state index is -0.779. The van der Waals surface area contributed by atoms with E-state index >= 15 is 0 Å². The highest BCUT2D eigenvalue weighted by molar-refractivity contribution is 6.05. The maximum Gasteiger partial charge on any atom is 0.303 e. The van der Waals surface area contributed by atoms with Crippen molar-refractivity contribution >= 4 is 22.8 Å². The molecule has 1 aromatic heterocycles. The predicted molar refractivity (Wildman–Crippen MR) is 74.7 cm³/mol. The van der Waals surface area contributed by atoms with Crippen LogP contribution < -0.4 is 5.32 Å². The Kier molecular flexibility index (Phi) is 4.76. The average Bonchev–Trinajstić information content (AvgIpc) is 2.86. The number of benzene rings is 1. The average molecular weight is 275 g/mol. The molecule has 0 unspecified atom stereocenters. The van der Waals surface area contributed by atoms with Gasteiger partial charge in [-0.25, -0.2) is 0 Å². The number of furan rings is 1. The smallest absolute Gasteiger partial charge is 0.303 e. The van der Waals surface area contributed by atoms with E-state index in [1.54, 1.807) is 0 Å². The van der Waals surface area contributed by atoms with E-state index in [-0.39, 0.29) is 12.3 Å². The number of rotatable bonds is 7. The van der Waals surface area contributed by atoms with Gasteiger partial charge in [-0.15, -0.1) is 0 Å². The van der Waals surface area contributed by atoms with Crippen LogP contribution in [-0.4, -0.2) is 23.5 Å². The van der Waals surface area contributed by atoms with Crippen molar-refractivity contribution in [3.8, 4) is 0 Å². The molecule has 1 heterocycles. The summed E-state index contributed by atoms with van der Waals surface area (Å²) in [6.45, 7) is 0.540. The van der Waals surface area contributed by atoms with Crippen molar-refractivity contribution in [1.29, 1.82) is 0 Å². The molecule has 0 atom stereocenters. The van der Waals surface area contributed by atoms with E-state index in [1.807, 2.05) is 24.3 Å². The first-order valence-electron chi connectivity index (χ1n) is 6.64. The normalized spacial score (nSPS) is 10.6. The summed E-state index contributed by atoms with van der Waals surface area (Å²) in [5, 5.41) is 12.1. The van der Waals surface area contributed by atoms with Crippen LogP contribution in [0.3, 0.4) is 0 Å². The van der Waals surface area contributed by atoms with Crippen molar-refractivity contribution in [2.24, 2.45) is 0 Å². The quantitative estimate of drug-likeness (QED) is 0.761. The molecule has 0 aliphatic heterocycles. The van der Waals surface area contributed by atoms with E-state index < -0.39 is 5.97 Å². The lowest BCUT2D eigenvalue weighted by Crippen LogP contribution is -2.24. The van der Waals surface area contributed by atoms with Crippen LogP contribution >= 0.6 is 0 Å². The van der Waals surface area contributed by atoms with Gasteiger partial charge in [0, 0.05) is 18.4 Å². The van der Waals surface area contributed by atoms with Gasteiger partial charge in [0.05, 0.1) is 5.56 Å². The molecule has 0 saturated heterocycles. The van der Waals surface area contributed by atoms with Crippen LogP contribution in [-0.2, 0) is 4.79 Å². The van der Waals surface area contributed by atoms with E-state index in [9.17, 15) is 9.59 Å². The number of carbonyl (C=O) groups is 2. The monoisotopic (exact) mass is 275 g/mol. The van der Waals surface area contributed by atoms with E-state index in [1.165, 1.54) is 6.26 Å². The molecule has 0 aliphatic carbocycles. The van der Waals surface area contributed by atoms with Crippen LogP contribution in [0.5, 0.6) is 0 Å². The molecule has 0 saturated carbocycles. The maximum absolute atomic E-state index is 12.0. The topological polar surface area (TPSA) is 79.5 Å². The summed E-state index contributed by atoms with van der Waals surface area (Å²) in [5.74, 6) is -0.938. The van der Waals surface area contributed by atoms with Crippen LogP contribution in [0, 0.1) is 0 Å². The Hall–Kier alpha value is -2.30. The Morgan fingerprint density at radius 3 is 2.75 bits per heavy atom. The number of amides is 1. The zero-order valence-corrected chi connectivity index (χ0v) is 11.1. The molecule has 2 N–H and O–H groups in total.